The number of hydrogen-bond acceptors (Lipinski definition) is 3. The van der Waals surface area contributed by atoms with E-state index in [1.54, 1.807) is 13.8 Å². The summed E-state index contributed by atoms with van der Waals surface area (Å²) >= 11 is 0. The Labute approximate surface area is 131 Å². The van der Waals surface area contributed by atoms with Gasteiger partial charge in [-0.2, -0.15) is 0 Å². The average Bonchev–Trinajstić information content (AvgIpc) is 2.62. The molecule has 1 aromatic carbocycles. The second kappa shape index (κ2) is 5.39. The van der Waals surface area contributed by atoms with Crippen LogP contribution in [0.5, 0.6) is 0 Å². The van der Waals surface area contributed by atoms with Crippen LogP contribution in [0, 0.1) is 13.8 Å². The lowest BCUT2D eigenvalue weighted by molar-refractivity contribution is -0.132. The average molecular weight is 303 g/mol. The Balaban J connectivity index is 2.47. The van der Waals surface area contributed by atoms with Crippen molar-refractivity contribution in [2.75, 3.05) is 6.54 Å². The summed E-state index contributed by atoms with van der Waals surface area (Å²) in [5.74, 6) is -0.217. The molecule has 0 radical (unpaired) electrons. The molecule has 0 saturated carbocycles. The van der Waals surface area contributed by atoms with E-state index >= 15 is 0 Å². The number of aryl methyl sites for hydroxylation is 2. The van der Waals surface area contributed by atoms with Crippen LogP contribution in [0.1, 0.15) is 43.9 Å². The minimum absolute atomic E-state index is 0.199. The summed E-state index contributed by atoms with van der Waals surface area (Å²) in [7, 11) is 0. The normalized spacial score (nSPS) is 22.2. The van der Waals surface area contributed by atoms with Gasteiger partial charge in [-0.1, -0.05) is 30.7 Å². The van der Waals surface area contributed by atoms with Crippen molar-refractivity contribution in [3.8, 4) is 0 Å². The highest BCUT2D eigenvalue weighted by Crippen LogP contribution is 2.35. The van der Waals surface area contributed by atoms with Gasteiger partial charge in [0.15, 0.2) is 0 Å². The number of amides is 3. The quantitative estimate of drug-likeness (QED) is 0.837. The molecule has 5 heteroatoms. The van der Waals surface area contributed by atoms with Gasteiger partial charge in [0, 0.05) is 12.1 Å². The van der Waals surface area contributed by atoms with Crippen molar-refractivity contribution in [2.24, 2.45) is 5.73 Å². The molecule has 1 atom stereocenters. The molecule has 1 saturated heterocycles. The molecule has 1 aliphatic rings. The number of nitrogens with one attached hydrogen (secondary N) is 1. The molecule has 0 spiro atoms. The van der Waals surface area contributed by atoms with Gasteiger partial charge >= 0.3 is 6.03 Å². The highest BCUT2D eigenvalue weighted by molar-refractivity contribution is 6.07. The van der Waals surface area contributed by atoms with E-state index in [9.17, 15) is 9.59 Å². The predicted molar refractivity (Wildman–Crippen MR) is 86.4 cm³/mol. The topological polar surface area (TPSA) is 75.4 Å². The molecule has 120 valence electrons. The highest BCUT2D eigenvalue weighted by atomic mass is 16.2. The van der Waals surface area contributed by atoms with Crippen LogP contribution in [0.3, 0.4) is 0 Å². The molecule has 5 nitrogen and oxygen atoms in total. The van der Waals surface area contributed by atoms with Gasteiger partial charge in [0.25, 0.3) is 5.91 Å². The van der Waals surface area contributed by atoms with Crippen LogP contribution in [0.25, 0.3) is 0 Å². The summed E-state index contributed by atoms with van der Waals surface area (Å²) in [5.41, 5.74) is 7.36. The molecule has 0 bridgehead atoms. The fourth-order valence-electron chi connectivity index (χ4n) is 3.08. The maximum Gasteiger partial charge on any atom is 0.325 e. The van der Waals surface area contributed by atoms with Gasteiger partial charge in [-0.3, -0.25) is 9.69 Å². The fourth-order valence-corrected chi connectivity index (χ4v) is 3.08. The van der Waals surface area contributed by atoms with E-state index in [4.69, 9.17) is 5.73 Å². The van der Waals surface area contributed by atoms with E-state index in [-0.39, 0.29) is 18.5 Å². The molecule has 1 unspecified atom stereocenters. The second-order valence-electron chi connectivity index (χ2n) is 6.89. The van der Waals surface area contributed by atoms with Gasteiger partial charge in [-0.15, -0.1) is 0 Å². The fraction of sp³-hybridized carbons (Fsp3) is 0.529. The standard InChI is InChI=1S/C17H25N3O2/c1-6-17(13-8-7-11(2)9-12(13)3)14(21)20(15(22)19-17)10-16(4,5)18/h7-9H,6,10,18H2,1-5H3,(H,19,22). The number of carbonyl (C=O) groups is 2. The van der Waals surface area contributed by atoms with E-state index < -0.39 is 11.1 Å². The van der Waals surface area contributed by atoms with E-state index in [0.29, 0.717) is 6.42 Å². The third-order valence-corrected chi connectivity index (χ3v) is 4.11. The number of imide groups is 1. The van der Waals surface area contributed by atoms with Crippen molar-refractivity contribution in [1.29, 1.82) is 0 Å². The number of benzene rings is 1. The van der Waals surface area contributed by atoms with E-state index in [2.05, 4.69) is 5.32 Å². The summed E-state index contributed by atoms with van der Waals surface area (Å²) in [6.45, 7) is 9.69. The van der Waals surface area contributed by atoms with Crippen LogP contribution in [0.4, 0.5) is 4.79 Å². The third kappa shape index (κ3) is 2.73. The summed E-state index contributed by atoms with van der Waals surface area (Å²) in [5, 5.41) is 2.90. The zero-order valence-corrected chi connectivity index (χ0v) is 14.0. The van der Waals surface area contributed by atoms with Gasteiger partial charge in [0.2, 0.25) is 0 Å². The Morgan fingerprint density at radius 3 is 2.41 bits per heavy atom. The van der Waals surface area contributed by atoms with E-state index in [1.165, 1.54) is 4.90 Å². The highest BCUT2D eigenvalue weighted by Gasteiger charge is 2.52. The Morgan fingerprint density at radius 1 is 1.27 bits per heavy atom. The van der Waals surface area contributed by atoms with Crippen LogP contribution < -0.4 is 11.1 Å². The Morgan fingerprint density at radius 2 is 1.91 bits per heavy atom. The van der Waals surface area contributed by atoms with Crippen LogP contribution in [-0.2, 0) is 10.3 Å². The Hall–Kier alpha value is -1.88. The van der Waals surface area contributed by atoms with Gasteiger partial charge in [0.1, 0.15) is 5.54 Å². The lowest BCUT2D eigenvalue weighted by Crippen LogP contribution is -2.49. The number of hydrogen-bond donors (Lipinski definition) is 2. The van der Waals surface area contributed by atoms with Crippen LogP contribution in [-0.4, -0.2) is 28.9 Å². The van der Waals surface area contributed by atoms with Crippen molar-refractivity contribution < 1.29 is 9.59 Å². The Kier molecular flexibility index (Phi) is 4.04. The van der Waals surface area contributed by atoms with Crippen molar-refractivity contribution in [2.45, 2.75) is 52.1 Å². The molecular weight excluding hydrogens is 278 g/mol. The summed E-state index contributed by atoms with van der Waals surface area (Å²) in [6, 6.07) is 5.56. The smallest absolute Gasteiger partial charge is 0.324 e. The van der Waals surface area contributed by atoms with Crippen LogP contribution in [0.15, 0.2) is 18.2 Å². The number of nitrogens with two attached hydrogens (primary N) is 1. The minimum atomic E-state index is -0.986. The molecule has 0 aromatic heterocycles. The maximum absolute atomic E-state index is 13.0. The van der Waals surface area contributed by atoms with Crippen molar-refractivity contribution in [3.63, 3.8) is 0 Å². The molecule has 3 amide bonds. The molecule has 22 heavy (non-hydrogen) atoms. The van der Waals surface area contributed by atoms with Gasteiger partial charge < -0.3 is 11.1 Å². The molecule has 1 aliphatic heterocycles. The largest absolute Gasteiger partial charge is 0.325 e. The first-order valence-corrected chi connectivity index (χ1v) is 7.61. The zero-order valence-electron chi connectivity index (χ0n) is 14.0. The zero-order chi connectivity index (χ0) is 16.7. The molecule has 3 N–H and O–H groups in total. The maximum atomic E-state index is 13.0. The lowest BCUT2D eigenvalue weighted by atomic mass is 9.83. The van der Waals surface area contributed by atoms with Crippen molar-refractivity contribution >= 4 is 11.9 Å². The molecular formula is C17H25N3O2. The SMILES string of the molecule is CCC1(c2ccc(C)cc2C)NC(=O)N(CC(C)(C)N)C1=O. The first-order valence-electron chi connectivity index (χ1n) is 7.61. The number of nitrogens with zero attached hydrogens (tertiary/aromatic N) is 1. The molecule has 1 aromatic rings. The third-order valence-electron chi connectivity index (χ3n) is 4.11. The summed E-state index contributed by atoms with van der Waals surface area (Å²) in [4.78, 5) is 26.5. The van der Waals surface area contributed by atoms with E-state index in [1.807, 2.05) is 39.0 Å². The first-order chi connectivity index (χ1) is 10.1. The predicted octanol–water partition coefficient (Wildman–Crippen LogP) is 2.20. The number of carbonyl (C=O) groups excluding carboxylic acids is 2. The monoisotopic (exact) mass is 303 g/mol. The Bertz CT molecular complexity index is 619. The second-order valence-corrected chi connectivity index (χ2v) is 6.89. The lowest BCUT2D eigenvalue weighted by Gasteiger charge is -2.29. The van der Waals surface area contributed by atoms with Gasteiger partial charge in [0.05, 0.1) is 0 Å². The first kappa shape index (κ1) is 16.5. The molecule has 2 rings (SSSR count). The van der Waals surface area contributed by atoms with E-state index in [0.717, 1.165) is 16.7 Å². The number of rotatable bonds is 4. The van der Waals surface area contributed by atoms with Gasteiger partial charge in [-0.05, 0) is 45.2 Å². The molecule has 1 fully saturated rings. The summed E-state index contributed by atoms with van der Waals surface area (Å²) < 4.78 is 0. The molecule has 1 heterocycles. The van der Waals surface area contributed by atoms with Crippen LogP contribution >= 0.6 is 0 Å². The minimum Gasteiger partial charge on any atom is -0.324 e. The number of urea groups is 1. The van der Waals surface area contributed by atoms with Crippen molar-refractivity contribution in [3.05, 3.63) is 34.9 Å². The summed E-state index contributed by atoms with van der Waals surface area (Å²) in [6.07, 6.45) is 0.503. The van der Waals surface area contributed by atoms with Crippen LogP contribution in [0.2, 0.25) is 0 Å². The van der Waals surface area contributed by atoms with Gasteiger partial charge in [-0.25, -0.2) is 4.79 Å². The molecule has 0 aliphatic carbocycles. The van der Waals surface area contributed by atoms with Crippen molar-refractivity contribution in [1.82, 2.24) is 10.2 Å².